The molecule has 156 valence electrons. The van der Waals surface area contributed by atoms with Gasteiger partial charge in [0.05, 0.1) is 18.9 Å². The summed E-state index contributed by atoms with van der Waals surface area (Å²) in [5.41, 5.74) is 0.331. The lowest BCUT2D eigenvalue weighted by atomic mass is 10.2. The molecule has 2 aliphatic rings. The van der Waals surface area contributed by atoms with E-state index in [1.165, 1.54) is 12.1 Å². The van der Waals surface area contributed by atoms with Crippen LogP contribution in [-0.2, 0) is 4.74 Å². The molecule has 2 unspecified atom stereocenters. The van der Waals surface area contributed by atoms with Gasteiger partial charge in [0.25, 0.3) is 0 Å². The quantitative estimate of drug-likeness (QED) is 0.622. The molecule has 2 atom stereocenters. The molecule has 0 saturated carbocycles. The van der Waals surface area contributed by atoms with Gasteiger partial charge >= 0.3 is 0 Å². The van der Waals surface area contributed by atoms with Crippen molar-refractivity contribution in [1.82, 2.24) is 15.1 Å². The molecule has 0 radical (unpaired) electrons. The summed E-state index contributed by atoms with van der Waals surface area (Å²) in [5.74, 6) is 0.0561. The largest absolute Gasteiger partial charge is 0.379 e. The number of guanidine groups is 1. The van der Waals surface area contributed by atoms with E-state index in [1.54, 1.807) is 7.05 Å². The van der Waals surface area contributed by atoms with Crippen molar-refractivity contribution in [3.8, 4) is 0 Å². The second-order valence-corrected chi connectivity index (χ2v) is 7.51. The number of rotatable bonds is 4. The van der Waals surface area contributed by atoms with E-state index >= 15 is 0 Å². The van der Waals surface area contributed by atoms with Gasteiger partial charge in [0.1, 0.15) is 11.6 Å². The van der Waals surface area contributed by atoms with Crippen LogP contribution in [0.2, 0.25) is 0 Å². The Morgan fingerprint density at radius 2 is 2.00 bits per heavy atom. The van der Waals surface area contributed by atoms with Gasteiger partial charge in [-0.1, -0.05) is 0 Å². The number of hydrogen-bond acceptors (Lipinski definition) is 4. The van der Waals surface area contributed by atoms with Crippen molar-refractivity contribution in [3.63, 3.8) is 0 Å². The van der Waals surface area contributed by atoms with Crippen molar-refractivity contribution < 1.29 is 13.5 Å². The lowest BCUT2D eigenvalue weighted by molar-refractivity contribution is -0.0175. The zero-order valence-electron chi connectivity index (χ0n) is 17.0. The average molecular weight is 395 g/mol. The first-order valence-electron chi connectivity index (χ1n) is 9.98. The summed E-state index contributed by atoms with van der Waals surface area (Å²) >= 11 is 0. The minimum atomic E-state index is -0.414. The van der Waals surface area contributed by atoms with E-state index in [9.17, 15) is 8.78 Å². The van der Waals surface area contributed by atoms with Gasteiger partial charge in [-0.25, -0.2) is 8.78 Å². The fraction of sp³-hybridized carbons (Fsp3) is 0.650. The maximum Gasteiger partial charge on any atom is 0.193 e. The molecule has 2 aliphatic heterocycles. The van der Waals surface area contributed by atoms with Crippen LogP contribution in [0.4, 0.5) is 14.5 Å². The van der Waals surface area contributed by atoms with Crippen molar-refractivity contribution in [2.24, 2.45) is 4.99 Å². The number of ether oxygens (including phenoxy) is 1. The second kappa shape index (κ2) is 9.52. The van der Waals surface area contributed by atoms with Crippen LogP contribution in [0.5, 0.6) is 0 Å². The van der Waals surface area contributed by atoms with Crippen LogP contribution in [0.25, 0.3) is 0 Å². The van der Waals surface area contributed by atoms with Crippen LogP contribution in [-0.4, -0.2) is 87.4 Å². The molecule has 0 bridgehead atoms. The standard InChI is InChI=1S/C20H31F2N5O/c1-15(27-10-11-28-14-16(27)2)13-24-20(23-3)26-8-6-25(7-9-26)19-12-17(21)4-5-18(19)22/h4-5,12,15-16H,6-11,13-14H2,1-3H3,(H,23,24). The third-order valence-corrected chi connectivity index (χ3v) is 5.58. The molecule has 2 saturated heterocycles. The van der Waals surface area contributed by atoms with Crippen molar-refractivity contribution >= 4 is 11.6 Å². The summed E-state index contributed by atoms with van der Waals surface area (Å²) in [6.45, 7) is 10.4. The van der Waals surface area contributed by atoms with E-state index in [4.69, 9.17) is 4.74 Å². The number of benzene rings is 1. The molecule has 1 aromatic rings. The monoisotopic (exact) mass is 395 g/mol. The van der Waals surface area contributed by atoms with Gasteiger partial charge in [-0.2, -0.15) is 0 Å². The van der Waals surface area contributed by atoms with E-state index in [1.807, 2.05) is 4.90 Å². The lowest BCUT2D eigenvalue weighted by Gasteiger charge is -2.40. The van der Waals surface area contributed by atoms with E-state index in [0.717, 1.165) is 38.3 Å². The number of aliphatic imine (C=N–C) groups is 1. The first-order valence-corrected chi connectivity index (χ1v) is 9.98. The van der Waals surface area contributed by atoms with Crippen LogP contribution in [0.15, 0.2) is 23.2 Å². The Bertz CT molecular complexity index is 679. The molecule has 3 rings (SSSR count). The molecule has 0 amide bonds. The van der Waals surface area contributed by atoms with Gasteiger partial charge in [-0.05, 0) is 26.0 Å². The summed E-state index contributed by atoms with van der Waals surface area (Å²) in [7, 11) is 1.78. The SMILES string of the molecule is CN=C(NCC(C)N1CCOCC1C)N1CCN(c2cc(F)ccc2F)CC1. The molecule has 8 heteroatoms. The molecule has 2 fully saturated rings. The molecule has 0 aromatic heterocycles. The fourth-order valence-corrected chi connectivity index (χ4v) is 3.97. The van der Waals surface area contributed by atoms with Gasteiger partial charge < -0.3 is 19.9 Å². The van der Waals surface area contributed by atoms with E-state index in [-0.39, 0.29) is 5.82 Å². The van der Waals surface area contributed by atoms with Crippen LogP contribution in [0, 0.1) is 11.6 Å². The first-order chi connectivity index (χ1) is 13.5. The van der Waals surface area contributed by atoms with Crippen molar-refractivity contribution in [1.29, 1.82) is 0 Å². The van der Waals surface area contributed by atoms with Crippen molar-refractivity contribution in [3.05, 3.63) is 29.8 Å². The number of nitrogens with one attached hydrogen (secondary N) is 1. The number of halogens is 2. The molecular formula is C20H31F2N5O. The molecule has 28 heavy (non-hydrogen) atoms. The van der Waals surface area contributed by atoms with Crippen molar-refractivity contribution in [2.75, 3.05) is 64.4 Å². The van der Waals surface area contributed by atoms with Crippen LogP contribution < -0.4 is 10.2 Å². The van der Waals surface area contributed by atoms with Crippen molar-refractivity contribution in [2.45, 2.75) is 25.9 Å². The predicted molar refractivity (Wildman–Crippen MR) is 108 cm³/mol. The fourth-order valence-electron chi connectivity index (χ4n) is 3.97. The second-order valence-electron chi connectivity index (χ2n) is 7.51. The average Bonchev–Trinajstić information content (AvgIpc) is 2.71. The third kappa shape index (κ3) is 4.91. The van der Waals surface area contributed by atoms with Gasteiger partial charge in [-0.15, -0.1) is 0 Å². The Kier molecular flexibility index (Phi) is 7.07. The molecular weight excluding hydrogens is 364 g/mol. The Morgan fingerprint density at radius 3 is 2.68 bits per heavy atom. The number of morpholine rings is 1. The highest BCUT2D eigenvalue weighted by atomic mass is 19.1. The molecule has 0 aliphatic carbocycles. The molecule has 1 N–H and O–H groups in total. The highest BCUT2D eigenvalue weighted by Gasteiger charge is 2.25. The number of hydrogen-bond donors (Lipinski definition) is 1. The zero-order valence-corrected chi connectivity index (χ0v) is 17.0. The highest BCUT2D eigenvalue weighted by Crippen LogP contribution is 2.22. The first kappa shape index (κ1) is 20.8. The molecule has 6 nitrogen and oxygen atoms in total. The maximum absolute atomic E-state index is 14.0. The topological polar surface area (TPSA) is 43.3 Å². The van der Waals surface area contributed by atoms with Gasteiger partial charge in [-0.3, -0.25) is 9.89 Å². The van der Waals surface area contributed by atoms with E-state index in [0.29, 0.717) is 44.0 Å². The van der Waals surface area contributed by atoms with E-state index < -0.39 is 5.82 Å². The van der Waals surface area contributed by atoms with Gasteiger partial charge in [0, 0.05) is 64.5 Å². The van der Waals surface area contributed by atoms with Gasteiger partial charge in [0.15, 0.2) is 5.96 Å². The van der Waals surface area contributed by atoms with Crippen LogP contribution in [0.3, 0.4) is 0 Å². The molecule has 2 heterocycles. The number of anilines is 1. The highest BCUT2D eigenvalue weighted by molar-refractivity contribution is 5.80. The molecule has 0 spiro atoms. The summed E-state index contributed by atoms with van der Waals surface area (Å²) < 4.78 is 33.0. The summed E-state index contributed by atoms with van der Waals surface area (Å²) in [6, 6.07) is 4.39. The Morgan fingerprint density at radius 1 is 1.25 bits per heavy atom. The Labute approximate surface area is 166 Å². The maximum atomic E-state index is 14.0. The Balaban J connectivity index is 1.51. The zero-order chi connectivity index (χ0) is 20.1. The van der Waals surface area contributed by atoms with E-state index in [2.05, 4.69) is 34.0 Å². The predicted octanol–water partition coefficient (Wildman–Crippen LogP) is 1.77. The number of piperazine rings is 1. The minimum Gasteiger partial charge on any atom is -0.379 e. The summed E-state index contributed by atoms with van der Waals surface area (Å²) in [4.78, 5) is 10.9. The summed E-state index contributed by atoms with van der Waals surface area (Å²) in [6.07, 6.45) is 0. The van der Waals surface area contributed by atoms with Crippen LogP contribution >= 0.6 is 0 Å². The third-order valence-electron chi connectivity index (χ3n) is 5.58. The Hall–Kier alpha value is -1.93. The smallest absolute Gasteiger partial charge is 0.193 e. The summed E-state index contributed by atoms with van der Waals surface area (Å²) in [5, 5.41) is 3.47. The minimum absolute atomic E-state index is 0.331. The lowest BCUT2D eigenvalue weighted by Crippen LogP contribution is -2.56. The normalized spacial score (nSPS) is 23.0. The molecule has 1 aromatic carbocycles. The van der Waals surface area contributed by atoms with Gasteiger partial charge in [0.2, 0.25) is 0 Å². The van der Waals surface area contributed by atoms with Crippen LogP contribution in [0.1, 0.15) is 13.8 Å². The number of nitrogens with zero attached hydrogens (tertiary/aromatic N) is 4.